The molecule has 2 aromatic heterocycles. The Bertz CT molecular complexity index is 869. The van der Waals surface area contributed by atoms with Gasteiger partial charge in [-0.1, -0.05) is 6.07 Å². The third kappa shape index (κ3) is 3.33. The highest BCUT2D eigenvalue weighted by Crippen LogP contribution is 2.30. The molecule has 2 aromatic rings. The normalized spacial score (nSPS) is 16.7. The maximum Gasteiger partial charge on any atom is 0.433 e. The zero-order chi connectivity index (χ0) is 18.4. The molecule has 7 nitrogen and oxygen atoms in total. The van der Waals surface area contributed by atoms with Crippen molar-refractivity contribution in [3.05, 3.63) is 35.3 Å². The summed E-state index contributed by atoms with van der Waals surface area (Å²) in [7, 11) is -3.72. The van der Waals surface area contributed by atoms with Crippen LogP contribution in [-0.4, -0.2) is 47.1 Å². The molecule has 3 heterocycles. The first-order valence-electron chi connectivity index (χ1n) is 7.31. The van der Waals surface area contributed by atoms with Crippen LogP contribution in [0.15, 0.2) is 23.1 Å². The summed E-state index contributed by atoms with van der Waals surface area (Å²) in [5.41, 5.74) is -0.263. The smallest absolute Gasteiger partial charge is 0.433 e. The second-order valence-electron chi connectivity index (χ2n) is 5.68. The van der Waals surface area contributed by atoms with E-state index >= 15 is 0 Å². The van der Waals surface area contributed by atoms with Crippen molar-refractivity contribution in [3.8, 4) is 5.88 Å². The molecule has 136 valence electrons. The van der Waals surface area contributed by atoms with Gasteiger partial charge < -0.3 is 4.74 Å². The van der Waals surface area contributed by atoms with E-state index in [0.717, 1.165) is 6.07 Å². The molecule has 0 spiro atoms. The summed E-state index contributed by atoms with van der Waals surface area (Å²) in [4.78, 5) is 3.52. The number of aryl methyl sites for hydroxylation is 2. The molecule has 0 amide bonds. The van der Waals surface area contributed by atoms with Gasteiger partial charge in [-0.2, -0.15) is 22.6 Å². The SMILES string of the molecule is Cc1n[nH]c(C)c1S(=O)(=O)N1CC(Oc2cccc(C(F)(F)F)n2)C1. The summed E-state index contributed by atoms with van der Waals surface area (Å²) in [6, 6.07) is 3.34. The number of nitrogens with zero attached hydrogens (tertiary/aromatic N) is 3. The molecule has 1 aliphatic heterocycles. The van der Waals surface area contributed by atoms with Gasteiger partial charge in [0.25, 0.3) is 0 Å². The van der Waals surface area contributed by atoms with Gasteiger partial charge >= 0.3 is 6.18 Å². The lowest BCUT2D eigenvalue weighted by atomic mass is 10.2. The van der Waals surface area contributed by atoms with Crippen molar-refractivity contribution in [1.29, 1.82) is 0 Å². The number of hydrogen-bond acceptors (Lipinski definition) is 5. The average molecular weight is 376 g/mol. The van der Waals surface area contributed by atoms with Gasteiger partial charge in [0, 0.05) is 6.07 Å². The van der Waals surface area contributed by atoms with Gasteiger partial charge in [-0.15, -0.1) is 0 Å². The fraction of sp³-hybridized carbons (Fsp3) is 0.429. The van der Waals surface area contributed by atoms with Crippen LogP contribution >= 0.6 is 0 Å². The van der Waals surface area contributed by atoms with Crippen molar-refractivity contribution in [1.82, 2.24) is 19.5 Å². The maximum absolute atomic E-state index is 12.6. The van der Waals surface area contributed by atoms with Gasteiger partial charge in [0.2, 0.25) is 15.9 Å². The maximum atomic E-state index is 12.6. The van der Waals surface area contributed by atoms with E-state index < -0.39 is 28.0 Å². The molecule has 3 rings (SSSR count). The lowest BCUT2D eigenvalue weighted by Crippen LogP contribution is -2.56. The van der Waals surface area contributed by atoms with E-state index in [1.54, 1.807) is 13.8 Å². The highest BCUT2D eigenvalue weighted by molar-refractivity contribution is 7.89. The number of sulfonamides is 1. The Balaban J connectivity index is 1.67. The molecule has 0 aliphatic carbocycles. The second-order valence-corrected chi connectivity index (χ2v) is 7.56. The molecule has 0 radical (unpaired) electrons. The van der Waals surface area contributed by atoms with Gasteiger partial charge in [0.1, 0.15) is 16.7 Å². The number of pyridine rings is 1. The van der Waals surface area contributed by atoms with Crippen molar-refractivity contribution >= 4 is 10.0 Å². The summed E-state index contributed by atoms with van der Waals surface area (Å²) >= 11 is 0. The van der Waals surface area contributed by atoms with Crippen molar-refractivity contribution < 1.29 is 26.3 Å². The third-order valence-electron chi connectivity index (χ3n) is 3.77. The molecule has 0 unspecified atom stereocenters. The van der Waals surface area contributed by atoms with Crippen molar-refractivity contribution in [2.45, 2.75) is 31.0 Å². The number of aromatic amines is 1. The minimum absolute atomic E-state index is 0.0321. The molecule has 1 aliphatic rings. The molecule has 0 aromatic carbocycles. The molecule has 1 N–H and O–H groups in total. The van der Waals surface area contributed by atoms with Gasteiger partial charge in [-0.3, -0.25) is 5.10 Å². The van der Waals surface area contributed by atoms with Gasteiger partial charge in [0.15, 0.2) is 0 Å². The Morgan fingerprint density at radius 2 is 1.96 bits per heavy atom. The number of hydrogen-bond donors (Lipinski definition) is 1. The molecule has 1 saturated heterocycles. The van der Waals surface area contributed by atoms with E-state index in [4.69, 9.17) is 4.74 Å². The summed E-state index contributed by atoms with van der Waals surface area (Å²) < 4.78 is 69.5. The van der Waals surface area contributed by atoms with Gasteiger partial charge in [0.05, 0.1) is 24.5 Å². The van der Waals surface area contributed by atoms with Crippen molar-refractivity contribution in [2.24, 2.45) is 0 Å². The van der Waals surface area contributed by atoms with E-state index in [0.29, 0.717) is 11.4 Å². The summed E-state index contributed by atoms with van der Waals surface area (Å²) in [5.74, 6) is -0.187. The molecule has 1 fully saturated rings. The van der Waals surface area contributed by atoms with Crippen LogP contribution in [0.4, 0.5) is 13.2 Å². The van der Waals surface area contributed by atoms with Gasteiger partial charge in [-0.05, 0) is 19.9 Å². The Kier molecular flexibility index (Phi) is 4.23. The largest absolute Gasteiger partial charge is 0.472 e. The van der Waals surface area contributed by atoms with Crippen LogP contribution in [0.25, 0.3) is 0 Å². The summed E-state index contributed by atoms with van der Waals surface area (Å²) in [6.45, 7) is 3.25. The predicted octanol–water partition coefficient (Wildman–Crippen LogP) is 1.89. The highest BCUT2D eigenvalue weighted by atomic mass is 32.2. The Hall–Kier alpha value is -2.14. The van der Waals surface area contributed by atoms with Crippen LogP contribution in [0.5, 0.6) is 5.88 Å². The number of ether oxygens (including phenoxy) is 1. The van der Waals surface area contributed by atoms with Crippen molar-refractivity contribution in [2.75, 3.05) is 13.1 Å². The number of H-pyrrole nitrogens is 1. The minimum Gasteiger partial charge on any atom is -0.472 e. The minimum atomic E-state index is -4.56. The number of halogens is 3. The van der Waals surface area contributed by atoms with E-state index in [9.17, 15) is 21.6 Å². The molecule has 11 heteroatoms. The Morgan fingerprint density at radius 3 is 2.52 bits per heavy atom. The predicted molar refractivity (Wildman–Crippen MR) is 80.5 cm³/mol. The van der Waals surface area contributed by atoms with Gasteiger partial charge in [-0.25, -0.2) is 13.4 Å². The molecule has 0 atom stereocenters. The Labute approximate surface area is 141 Å². The van der Waals surface area contributed by atoms with E-state index in [-0.39, 0.29) is 23.9 Å². The summed E-state index contributed by atoms with van der Waals surface area (Å²) in [5, 5.41) is 6.48. The molecular formula is C14H15F3N4O3S. The number of aromatic nitrogens is 3. The first-order valence-corrected chi connectivity index (χ1v) is 8.75. The Morgan fingerprint density at radius 1 is 1.28 bits per heavy atom. The van der Waals surface area contributed by atoms with E-state index in [1.165, 1.54) is 16.4 Å². The topological polar surface area (TPSA) is 88.2 Å². The molecular weight excluding hydrogens is 361 g/mol. The van der Waals surface area contributed by atoms with Crippen LogP contribution < -0.4 is 4.74 Å². The first-order chi connectivity index (χ1) is 11.6. The van der Waals surface area contributed by atoms with E-state index in [2.05, 4.69) is 15.2 Å². The quantitative estimate of drug-likeness (QED) is 0.880. The van der Waals surface area contributed by atoms with Crippen LogP contribution in [0.3, 0.4) is 0 Å². The van der Waals surface area contributed by atoms with E-state index in [1.807, 2.05) is 0 Å². The molecule has 0 bridgehead atoms. The van der Waals surface area contributed by atoms with Crippen molar-refractivity contribution in [3.63, 3.8) is 0 Å². The number of rotatable bonds is 4. The van der Waals surface area contributed by atoms with Crippen LogP contribution in [0.1, 0.15) is 17.1 Å². The fourth-order valence-corrected chi connectivity index (χ4v) is 4.37. The fourth-order valence-electron chi connectivity index (χ4n) is 2.53. The second kappa shape index (κ2) is 5.99. The van der Waals surface area contributed by atoms with Crippen LogP contribution in [-0.2, 0) is 16.2 Å². The molecule has 25 heavy (non-hydrogen) atoms. The number of nitrogens with one attached hydrogen (secondary N) is 1. The summed E-state index contributed by atoms with van der Waals surface area (Å²) in [6.07, 6.45) is -5.12. The zero-order valence-electron chi connectivity index (χ0n) is 13.3. The highest BCUT2D eigenvalue weighted by Gasteiger charge is 2.40. The lowest BCUT2D eigenvalue weighted by molar-refractivity contribution is -0.141. The number of alkyl halides is 3. The zero-order valence-corrected chi connectivity index (χ0v) is 14.1. The first kappa shape index (κ1) is 17.7. The van der Waals surface area contributed by atoms with Crippen LogP contribution in [0.2, 0.25) is 0 Å². The standard InChI is InChI=1S/C14H15F3N4O3S/c1-8-13(9(2)20-19-8)25(22,23)21-6-10(7-21)24-12-5-3-4-11(18-12)14(15,16)17/h3-5,10H,6-7H2,1-2H3,(H,19,20). The lowest BCUT2D eigenvalue weighted by Gasteiger charge is -2.37. The monoisotopic (exact) mass is 376 g/mol. The van der Waals surface area contributed by atoms with Crippen LogP contribution in [0, 0.1) is 13.8 Å². The molecule has 0 saturated carbocycles. The third-order valence-corrected chi connectivity index (χ3v) is 5.87. The average Bonchev–Trinajstić information content (AvgIpc) is 2.81.